The maximum Gasteiger partial charge on any atom is 0.283 e. The van der Waals surface area contributed by atoms with Gasteiger partial charge in [-0.2, -0.15) is 8.42 Å². The number of aromatic hydroxyl groups is 2. The molecule has 3 aromatic carbocycles. The molecule has 0 fully saturated rings. The Kier molecular flexibility index (Phi) is 5.98. The summed E-state index contributed by atoms with van der Waals surface area (Å²) >= 11 is 24.5. The molecule has 3 N–H and O–H groups in total. The van der Waals surface area contributed by atoms with E-state index in [9.17, 15) is 23.2 Å². The molecular weight excluding hydrogens is 482 g/mol. The standard InChI is InChI=1S/C19H12Cl4O5S/c20-11-6-4-10(5-7-11)19(29(26,27)28,18-13(21)2-1-3-16(18)24)12-8-15(23)17(25)9-14(12)22/h1-9,24-25H,(H,26,27,28). The summed E-state index contributed by atoms with van der Waals surface area (Å²) in [4.78, 5) is 0. The minimum absolute atomic E-state index is 0.0172. The number of hydrogen-bond acceptors (Lipinski definition) is 4. The van der Waals surface area contributed by atoms with E-state index in [-0.39, 0.29) is 31.8 Å². The van der Waals surface area contributed by atoms with Crippen molar-refractivity contribution in [2.24, 2.45) is 0 Å². The van der Waals surface area contributed by atoms with Crippen molar-refractivity contribution in [2.75, 3.05) is 0 Å². The van der Waals surface area contributed by atoms with Crippen molar-refractivity contribution in [1.29, 1.82) is 0 Å². The van der Waals surface area contributed by atoms with Crippen LogP contribution in [-0.4, -0.2) is 23.2 Å². The first-order valence-electron chi connectivity index (χ1n) is 7.89. The molecule has 0 bridgehead atoms. The lowest BCUT2D eigenvalue weighted by Gasteiger charge is -2.34. The molecular formula is C19H12Cl4O5S. The Balaban J connectivity index is 2.63. The zero-order chi connectivity index (χ0) is 21.6. The molecule has 0 radical (unpaired) electrons. The molecule has 0 heterocycles. The summed E-state index contributed by atoms with van der Waals surface area (Å²) in [7, 11) is -5.11. The second-order valence-corrected chi connectivity index (χ2v) is 9.30. The number of hydrogen-bond donors (Lipinski definition) is 3. The van der Waals surface area contributed by atoms with Crippen molar-refractivity contribution >= 4 is 56.5 Å². The van der Waals surface area contributed by atoms with Gasteiger partial charge in [-0.05, 0) is 35.9 Å². The van der Waals surface area contributed by atoms with E-state index < -0.39 is 26.4 Å². The zero-order valence-electron chi connectivity index (χ0n) is 14.3. The van der Waals surface area contributed by atoms with Crippen molar-refractivity contribution < 1.29 is 23.2 Å². The molecule has 0 saturated heterocycles. The van der Waals surface area contributed by atoms with Gasteiger partial charge in [0.15, 0.2) is 4.75 Å². The van der Waals surface area contributed by atoms with E-state index in [0.29, 0.717) is 5.02 Å². The second-order valence-electron chi connectivity index (χ2n) is 6.08. The quantitative estimate of drug-likeness (QED) is 0.311. The van der Waals surface area contributed by atoms with Crippen LogP contribution in [0.3, 0.4) is 0 Å². The normalized spacial score (nSPS) is 13.8. The van der Waals surface area contributed by atoms with E-state index in [2.05, 4.69) is 0 Å². The first-order chi connectivity index (χ1) is 13.5. The third-order valence-electron chi connectivity index (χ3n) is 4.40. The van der Waals surface area contributed by atoms with Crippen LogP contribution < -0.4 is 0 Å². The average molecular weight is 494 g/mol. The molecule has 152 valence electrons. The summed E-state index contributed by atoms with van der Waals surface area (Å²) in [5.74, 6) is -0.908. The maximum absolute atomic E-state index is 13.0. The zero-order valence-corrected chi connectivity index (χ0v) is 18.1. The molecule has 10 heteroatoms. The Morgan fingerprint density at radius 2 is 1.38 bits per heavy atom. The smallest absolute Gasteiger partial charge is 0.283 e. The van der Waals surface area contributed by atoms with Crippen molar-refractivity contribution in [1.82, 2.24) is 0 Å². The Labute approximate surface area is 186 Å². The summed E-state index contributed by atoms with van der Waals surface area (Å²) in [5.41, 5.74) is -0.582. The summed E-state index contributed by atoms with van der Waals surface area (Å²) in [6.07, 6.45) is 0. The summed E-state index contributed by atoms with van der Waals surface area (Å²) in [5, 5.41) is 20.1. The van der Waals surface area contributed by atoms with E-state index in [1.807, 2.05) is 0 Å². The fourth-order valence-electron chi connectivity index (χ4n) is 3.20. The van der Waals surface area contributed by atoms with Crippen LogP contribution in [-0.2, 0) is 14.9 Å². The fourth-order valence-corrected chi connectivity index (χ4v) is 5.57. The highest BCUT2D eigenvalue weighted by atomic mass is 35.5. The highest BCUT2D eigenvalue weighted by Crippen LogP contribution is 2.52. The number of rotatable bonds is 4. The highest BCUT2D eigenvalue weighted by Gasteiger charge is 2.52. The van der Waals surface area contributed by atoms with Crippen LogP contribution in [0.4, 0.5) is 0 Å². The van der Waals surface area contributed by atoms with Crippen LogP contribution in [0.25, 0.3) is 0 Å². The summed E-state index contributed by atoms with van der Waals surface area (Å²) in [6.45, 7) is 0. The molecule has 0 saturated carbocycles. The van der Waals surface area contributed by atoms with Crippen LogP contribution in [0.1, 0.15) is 16.7 Å². The van der Waals surface area contributed by atoms with E-state index in [0.717, 1.165) is 12.1 Å². The van der Waals surface area contributed by atoms with Gasteiger partial charge < -0.3 is 10.2 Å². The van der Waals surface area contributed by atoms with Gasteiger partial charge in [0.05, 0.1) is 5.02 Å². The molecule has 1 unspecified atom stereocenters. The van der Waals surface area contributed by atoms with Crippen molar-refractivity contribution in [3.05, 3.63) is 91.4 Å². The second kappa shape index (κ2) is 7.87. The van der Waals surface area contributed by atoms with E-state index in [1.54, 1.807) is 0 Å². The van der Waals surface area contributed by atoms with E-state index >= 15 is 0 Å². The predicted octanol–water partition coefficient (Wildman–Crippen LogP) is 5.89. The fraction of sp³-hybridized carbons (Fsp3) is 0.0526. The number of phenols is 2. The van der Waals surface area contributed by atoms with Crippen LogP contribution >= 0.6 is 46.4 Å². The first kappa shape index (κ1) is 22.0. The molecule has 1 atom stereocenters. The van der Waals surface area contributed by atoms with Gasteiger partial charge in [0.25, 0.3) is 10.1 Å². The number of benzene rings is 3. The third-order valence-corrected chi connectivity index (χ3v) is 7.01. The molecule has 0 aliphatic rings. The molecule has 0 spiro atoms. The topological polar surface area (TPSA) is 94.8 Å². The summed E-state index contributed by atoms with van der Waals surface area (Å²) in [6, 6.07) is 11.6. The van der Waals surface area contributed by atoms with E-state index in [4.69, 9.17) is 46.4 Å². The Hall–Kier alpha value is -1.67. The molecule has 3 aromatic rings. The Morgan fingerprint density at radius 3 is 1.93 bits per heavy atom. The maximum atomic E-state index is 13.0. The lowest BCUT2D eigenvalue weighted by Crippen LogP contribution is -2.39. The Morgan fingerprint density at radius 1 is 0.759 bits per heavy atom. The van der Waals surface area contributed by atoms with Gasteiger partial charge in [0, 0.05) is 32.3 Å². The minimum atomic E-state index is -5.11. The van der Waals surface area contributed by atoms with Crippen molar-refractivity contribution in [2.45, 2.75) is 4.75 Å². The Bertz CT molecular complexity index is 1180. The lowest BCUT2D eigenvalue weighted by atomic mass is 9.83. The third kappa shape index (κ3) is 3.65. The first-order valence-corrected chi connectivity index (χ1v) is 10.8. The van der Waals surface area contributed by atoms with Gasteiger partial charge in [-0.3, -0.25) is 4.55 Å². The van der Waals surface area contributed by atoms with E-state index in [1.165, 1.54) is 42.5 Å². The molecule has 0 aliphatic heterocycles. The van der Waals surface area contributed by atoms with Gasteiger partial charge in [-0.25, -0.2) is 0 Å². The SMILES string of the molecule is O=S(=O)(O)C(c1ccc(Cl)cc1)(c1cc(Cl)c(O)cc1Cl)c1c(O)cccc1Cl. The van der Waals surface area contributed by atoms with Gasteiger partial charge in [-0.15, -0.1) is 0 Å². The van der Waals surface area contributed by atoms with Gasteiger partial charge in [-0.1, -0.05) is 64.6 Å². The molecule has 29 heavy (non-hydrogen) atoms. The number of halogens is 4. The monoisotopic (exact) mass is 492 g/mol. The van der Waals surface area contributed by atoms with Gasteiger partial charge in [0.1, 0.15) is 11.5 Å². The molecule has 0 amide bonds. The predicted molar refractivity (Wildman–Crippen MR) is 114 cm³/mol. The van der Waals surface area contributed by atoms with Gasteiger partial charge in [0.2, 0.25) is 0 Å². The highest BCUT2D eigenvalue weighted by molar-refractivity contribution is 7.87. The summed E-state index contributed by atoms with van der Waals surface area (Å²) < 4.78 is 34.0. The van der Waals surface area contributed by atoms with Crippen molar-refractivity contribution in [3.8, 4) is 11.5 Å². The lowest BCUT2D eigenvalue weighted by molar-refractivity contribution is 0.440. The molecule has 3 rings (SSSR count). The largest absolute Gasteiger partial charge is 0.508 e. The van der Waals surface area contributed by atoms with Crippen LogP contribution in [0, 0.1) is 0 Å². The van der Waals surface area contributed by atoms with Crippen LogP contribution in [0.15, 0.2) is 54.6 Å². The average Bonchev–Trinajstić information content (AvgIpc) is 2.62. The van der Waals surface area contributed by atoms with Gasteiger partial charge >= 0.3 is 0 Å². The van der Waals surface area contributed by atoms with Crippen molar-refractivity contribution in [3.63, 3.8) is 0 Å². The molecule has 0 aliphatic carbocycles. The van der Waals surface area contributed by atoms with Crippen LogP contribution in [0.5, 0.6) is 11.5 Å². The molecule has 5 nitrogen and oxygen atoms in total. The molecule has 0 aromatic heterocycles. The minimum Gasteiger partial charge on any atom is -0.508 e. The number of phenolic OH excluding ortho intramolecular Hbond substituents is 2. The van der Waals surface area contributed by atoms with Crippen LogP contribution in [0.2, 0.25) is 20.1 Å².